The van der Waals surface area contributed by atoms with Crippen molar-refractivity contribution < 1.29 is 0 Å². The van der Waals surface area contributed by atoms with Crippen molar-refractivity contribution in [1.82, 2.24) is 19.7 Å². The third-order valence-corrected chi connectivity index (χ3v) is 3.20. The van der Waals surface area contributed by atoms with Gasteiger partial charge in [0.1, 0.15) is 0 Å². The van der Waals surface area contributed by atoms with Crippen LogP contribution >= 0.6 is 0 Å². The van der Waals surface area contributed by atoms with Crippen LogP contribution in [0.1, 0.15) is 11.3 Å². The van der Waals surface area contributed by atoms with Crippen LogP contribution < -0.4 is 5.32 Å². The van der Waals surface area contributed by atoms with Crippen molar-refractivity contribution in [3.05, 3.63) is 72.3 Å². The van der Waals surface area contributed by atoms with Crippen molar-refractivity contribution in [2.45, 2.75) is 13.1 Å². The molecule has 1 N–H and O–H groups in total. The van der Waals surface area contributed by atoms with Crippen LogP contribution in [0.2, 0.25) is 0 Å². The van der Waals surface area contributed by atoms with Crippen molar-refractivity contribution in [3.8, 4) is 5.69 Å². The Morgan fingerprint density at radius 1 is 1.05 bits per heavy atom. The van der Waals surface area contributed by atoms with Crippen LogP contribution in [-0.2, 0) is 13.1 Å². The molecule has 0 radical (unpaired) electrons. The Morgan fingerprint density at radius 3 is 2.70 bits per heavy atom. The molecule has 2 aromatic heterocycles. The fourth-order valence-corrected chi connectivity index (χ4v) is 2.26. The molecule has 0 atom stereocenters. The first-order valence-corrected chi connectivity index (χ1v) is 6.74. The van der Waals surface area contributed by atoms with E-state index < -0.39 is 0 Å². The summed E-state index contributed by atoms with van der Waals surface area (Å²) in [5.41, 5.74) is 3.43. The van der Waals surface area contributed by atoms with Gasteiger partial charge in [-0.15, -0.1) is 0 Å². The van der Waals surface area contributed by atoms with Crippen LogP contribution in [0, 0.1) is 0 Å². The SMILES string of the molecule is CNCc1ccn(Cc2ccn(-c3ccccc3)n2)c1. The maximum Gasteiger partial charge on any atom is 0.0826 e. The van der Waals surface area contributed by atoms with Gasteiger partial charge in [-0.25, -0.2) is 4.68 Å². The van der Waals surface area contributed by atoms with E-state index in [1.807, 2.05) is 36.1 Å². The molecule has 3 rings (SSSR count). The Labute approximate surface area is 118 Å². The minimum atomic E-state index is 0.795. The van der Waals surface area contributed by atoms with E-state index in [0.717, 1.165) is 24.5 Å². The fourth-order valence-electron chi connectivity index (χ4n) is 2.26. The molecule has 0 bridgehead atoms. The van der Waals surface area contributed by atoms with Crippen molar-refractivity contribution in [2.75, 3.05) is 7.05 Å². The third-order valence-electron chi connectivity index (χ3n) is 3.20. The van der Waals surface area contributed by atoms with Gasteiger partial charge in [0, 0.05) is 25.1 Å². The molecule has 0 spiro atoms. The molecule has 20 heavy (non-hydrogen) atoms. The van der Waals surface area contributed by atoms with Crippen molar-refractivity contribution in [3.63, 3.8) is 0 Å². The normalized spacial score (nSPS) is 10.8. The molecule has 0 aliphatic carbocycles. The average molecular weight is 266 g/mol. The molecule has 1 aromatic carbocycles. The minimum Gasteiger partial charge on any atom is -0.348 e. The van der Waals surface area contributed by atoms with Crippen molar-refractivity contribution in [2.24, 2.45) is 0 Å². The van der Waals surface area contributed by atoms with Gasteiger partial charge in [-0.3, -0.25) is 0 Å². The lowest BCUT2D eigenvalue weighted by Gasteiger charge is -2.01. The summed E-state index contributed by atoms with van der Waals surface area (Å²) in [6.07, 6.45) is 6.24. The molecule has 102 valence electrons. The first kappa shape index (κ1) is 12.7. The van der Waals surface area contributed by atoms with Crippen LogP contribution in [0.25, 0.3) is 5.69 Å². The van der Waals surface area contributed by atoms with Crippen molar-refractivity contribution >= 4 is 0 Å². The van der Waals surface area contributed by atoms with E-state index in [-0.39, 0.29) is 0 Å². The average Bonchev–Trinajstić information content (AvgIpc) is 3.11. The van der Waals surface area contributed by atoms with E-state index in [2.05, 4.69) is 51.6 Å². The second kappa shape index (κ2) is 5.75. The van der Waals surface area contributed by atoms with Crippen LogP contribution in [-0.4, -0.2) is 21.4 Å². The highest BCUT2D eigenvalue weighted by atomic mass is 15.3. The number of para-hydroxylation sites is 1. The Bertz CT molecular complexity index is 667. The largest absolute Gasteiger partial charge is 0.348 e. The molecule has 0 amide bonds. The van der Waals surface area contributed by atoms with E-state index in [4.69, 9.17) is 0 Å². The summed E-state index contributed by atoms with van der Waals surface area (Å²) in [4.78, 5) is 0. The summed E-state index contributed by atoms with van der Waals surface area (Å²) in [6.45, 7) is 1.69. The topological polar surface area (TPSA) is 34.8 Å². The summed E-state index contributed by atoms with van der Waals surface area (Å²) >= 11 is 0. The maximum absolute atomic E-state index is 4.61. The van der Waals surface area contributed by atoms with E-state index in [1.54, 1.807) is 0 Å². The van der Waals surface area contributed by atoms with Gasteiger partial charge >= 0.3 is 0 Å². The van der Waals surface area contributed by atoms with Crippen molar-refractivity contribution in [1.29, 1.82) is 0 Å². The van der Waals surface area contributed by atoms with Gasteiger partial charge in [0.05, 0.1) is 17.9 Å². The fraction of sp³-hybridized carbons (Fsp3) is 0.188. The summed E-state index contributed by atoms with van der Waals surface area (Å²) in [5.74, 6) is 0. The highest BCUT2D eigenvalue weighted by molar-refractivity contribution is 5.30. The summed E-state index contributed by atoms with van der Waals surface area (Å²) in [6, 6.07) is 14.3. The zero-order valence-electron chi connectivity index (χ0n) is 11.5. The predicted molar refractivity (Wildman–Crippen MR) is 79.9 cm³/mol. The molecule has 0 unspecified atom stereocenters. The van der Waals surface area contributed by atoms with Gasteiger partial charge in [0.2, 0.25) is 0 Å². The second-order valence-corrected chi connectivity index (χ2v) is 4.81. The van der Waals surface area contributed by atoms with Gasteiger partial charge in [0.25, 0.3) is 0 Å². The highest BCUT2D eigenvalue weighted by Crippen LogP contribution is 2.09. The zero-order valence-corrected chi connectivity index (χ0v) is 11.5. The van der Waals surface area contributed by atoms with Crippen LogP contribution in [0.4, 0.5) is 0 Å². The van der Waals surface area contributed by atoms with Crippen LogP contribution in [0.3, 0.4) is 0 Å². The molecule has 2 heterocycles. The molecule has 3 aromatic rings. The Morgan fingerprint density at radius 2 is 1.90 bits per heavy atom. The first-order valence-electron chi connectivity index (χ1n) is 6.74. The number of aromatic nitrogens is 3. The highest BCUT2D eigenvalue weighted by Gasteiger charge is 2.02. The molecule has 4 heteroatoms. The number of rotatable bonds is 5. The molecule has 0 fully saturated rings. The molecule has 0 aliphatic rings. The van der Waals surface area contributed by atoms with Gasteiger partial charge in [-0.05, 0) is 36.9 Å². The predicted octanol–water partition coefficient (Wildman–Crippen LogP) is 2.44. The quantitative estimate of drug-likeness (QED) is 0.769. The number of hydrogen-bond donors (Lipinski definition) is 1. The maximum atomic E-state index is 4.61. The lowest BCUT2D eigenvalue weighted by molar-refractivity contribution is 0.742. The number of nitrogens with one attached hydrogen (secondary N) is 1. The molecular weight excluding hydrogens is 248 g/mol. The summed E-state index contributed by atoms with van der Waals surface area (Å²) in [7, 11) is 1.96. The first-order chi connectivity index (χ1) is 9.85. The smallest absolute Gasteiger partial charge is 0.0826 e. The Balaban J connectivity index is 1.73. The van der Waals surface area contributed by atoms with Gasteiger partial charge in [-0.1, -0.05) is 18.2 Å². The summed E-state index contributed by atoms with van der Waals surface area (Å²) < 4.78 is 4.07. The van der Waals surface area contributed by atoms with Crippen LogP contribution in [0.5, 0.6) is 0 Å². The molecule has 0 aliphatic heterocycles. The van der Waals surface area contributed by atoms with E-state index in [1.165, 1.54) is 5.56 Å². The van der Waals surface area contributed by atoms with E-state index in [0.29, 0.717) is 0 Å². The lowest BCUT2D eigenvalue weighted by Crippen LogP contribution is -2.04. The number of hydrogen-bond acceptors (Lipinski definition) is 2. The van der Waals surface area contributed by atoms with Gasteiger partial charge in [-0.2, -0.15) is 5.10 Å². The second-order valence-electron chi connectivity index (χ2n) is 4.81. The molecule has 0 saturated carbocycles. The van der Waals surface area contributed by atoms with Gasteiger partial charge in [0.15, 0.2) is 0 Å². The molecular formula is C16H18N4. The number of nitrogens with zero attached hydrogens (tertiary/aromatic N) is 3. The minimum absolute atomic E-state index is 0.795. The van der Waals surface area contributed by atoms with Gasteiger partial charge < -0.3 is 9.88 Å². The third kappa shape index (κ3) is 2.81. The lowest BCUT2D eigenvalue weighted by atomic mass is 10.3. The van der Waals surface area contributed by atoms with E-state index >= 15 is 0 Å². The summed E-state index contributed by atoms with van der Waals surface area (Å²) in [5, 5.41) is 7.76. The van der Waals surface area contributed by atoms with Crippen LogP contribution in [0.15, 0.2) is 61.1 Å². The zero-order chi connectivity index (χ0) is 13.8. The van der Waals surface area contributed by atoms with E-state index in [9.17, 15) is 0 Å². The standard InChI is InChI=1S/C16H18N4/c1-17-11-14-7-9-19(12-14)13-15-8-10-20(18-15)16-5-3-2-4-6-16/h2-10,12,17H,11,13H2,1H3. The Hall–Kier alpha value is -2.33. The monoisotopic (exact) mass is 266 g/mol. The number of benzene rings is 1. The Kier molecular flexibility index (Phi) is 3.65. The molecule has 0 saturated heterocycles. The molecule has 4 nitrogen and oxygen atoms in total.